The van der Waals surface area contributed by atoms with E-state index in [0.29, 0.717) is 0 Å². The molecule has 2 aromatic rings. The minimum Gasteiger partial charge on any atom is -0.0584 e. The standard InChI is InChI=1S/C21H28/c1-20(2,3)18-11-7-16(8-12-18)15-17-9-13-19(14-10-17)21(4,5)6/h7-14H,15H2,1-6H3. The van der Waals surface area contributed by atoms with Crippen LogP contribution in [0.4, 0.5) is 0 Å². The summed E-state index contributed by atoms with van der Waals surface area (Å²) in [6, 6.07) is 18.1. The third-order valence-corrected chi connectivity index (χ3v) is 4.05. The van der Waals surface area contributed by atoms with Gasteiger partial charge in [-0.05, 0) is 39.5 Å². The van der Waals surface area contributed by atoms with Gasteiger partial charge < -0.3 is 0 Å². The monoisotopic (exact) mass is 280 g/mol. The van der Waals surface area contributed by atoms with Gasteiger partial charge in [0.25, 0.3) is 0 Å². The number of hydrogen-bond donors (Lipinski definition) is 0. The zero-order valence-electron chi connectivity index (χ0n) is 14.3. The predicted molar refractivity (Wildman–Crippen MR) is 93.1 cm³/mol. The molecule has 2 aromatic carbocycles. The zero-order chi connectivity index (χ0) is 15.7. The normalized spacial score (nSPS) is 12.5. The van der Waals surface area contributed by atoms with Gasteiger partial charge in [0.15, 0.2) is 0 Å². The average Bonchev–Trinajstić information content (AvgIpc) is 2.38. The summed E-state index contributed by atoms with van der Waals surface area (Å²) >= 11 is 0. The Balaban J connectivity index is 2.12. The molecule has 0 N–H and O–H groups in total. The van der Waals surface area contributed by atoms with Gasteiger partial charge >= 0.3 is 0 Å². The maximum absolute atomic E-state index is 2.26. The molecular formula is C21H28. The highest BCUT2D eigenvalue weighted by molar-refractivity contribution is 5.33. The molecule has 0 fully saturated rings. The second-order valence-corrected chi connectivity index (χ2v) is 8.07. The minimum atomic E-state index is 0.229. The van der Waals surface area contributed by atoms with Crippen molar-refractivity contribution in [2.24, 2.45) is 0 Å². The van der Waals surface area contributed by atoms with Gasteiger partial charge in [-0.2, -0.15) is 0 Å². The van der Waals surface area contributed by atoms with Crippen LogP contribution in [-0.4, -0.2) is 0 Å². The van der Waals surface area contributed by atoms with E-state index in [1.54, 1.807) is 0 Å². The summed E-state index contributed by atoms with van der Waals surface area (Å²) in [7, 11) is 0. The maximum Gasteiger partial charge on any atom is -0.00258 e. The summed E-state index contributed by atoms with van der Waals surface area (Å²) in [5.41, 5.74) is 6.02. The lowest BCUT2D eigenvalue weighted by Gasteiger charge is -2.20. The Kier molecular flexibility index (Phi) is 4.27. The van der Waals surface area contributed by atoms with E-state index in [1.165, 1.54) is 22.3 Å². The van der Waals surface area contributed by atoms with Crippen molar-refractivity contribution in [3.8, 4) is 0 Å². The van der Waals surface area contributed by atoms with Crippen LogP contribution >= 0.6 is 0 Å². The highest BCUT2D eigenvalue weighted by Crippen LogP contribution is 2.24. The highest BCUT2D eigenvalue weighted by atomic mass is 14.2. The molecule has 0 aromatic heterocycles. The van der Waals surface area contributed by atoms with Crippen molar-refractivity contribution in [2.45, 2.75) is 58.8 Å². The van der Waals surface area contributed by atoms with Crippen LogP contribution in [0.5, 0.6) is 0 Å². The van der Waals surface area contributed by atoms with Gasteiger partial charge in [-0.15, -0.1) is 0 Å². The third-order valence-electron chi connectivity index (χ3n) is 4.05. The van der Waals surface area contributed by atoms with Crippen LogP contribution in [-0.2, 0) is 17.3 Å². The molecule has 21 heavy (non-hydrogen) atoms. The Bertz CT molecular complexity index is 516. The van der Waals surface area contributed by atoms with E-state index in [-0.39, 0.29) is 10.8 Å². The molecule has 0 saturated carbocycles. The van der Waals surface area contributed by atoms with Crippen molar-refractivity contribution < 1.29 is 0 Å². The van der Waals surface area contributed by atoms with Gasteiger partial charge in [0.2, 0.25) is 0 Å². The van der Waals surface area contributed by atoms with E-state index in [2.05, 4.69) is 90.1 Å². The topological polar surface area (TPSA) is 0 Å². The number of rotatable bonds is 2. The van der Waals surface area contributed by atoms with Gasteiger partial charge in [0, 0.05) is 0 Å². The van der Waals surface area contributed by atoms with Gasteiger partial charge in [-0.3, -0.25) is 0 Å². The molecule has 0 spiro atoms. The second-order valence-electron chi connectivity index (χ2n) is 8.07. The molecule has 0 bridgehead atoms. The van der Waals surface area contributed by atoms with Crippen LogP contribution in [0.15, 0.2) is 48.5 Å². The molecule has 0 aliphatic heterocycles. The molecule has 0 unspecified atom stereocenters. The fraction of sp³-hybridized carbons (Fsp3) is 0.429. The molecule has 0 amide bonds. The van der Waals surface area contributed by atoms with Gasteiger partial charge in [0.1, 0.15) is 0 Å². The van der Waals surface area contributed by atoms with Gasteiger partial charge in [-0.1, -0.05) is 90.1 Å². The van der Waals surface area contributed by atoms with Crippen molar-refractivity contribution in [1.82, 2.24) is 0 Å². The fourth-order valence-corrected chi connectivity index (χ4v) is 2.48. The predicted octanol–water partition coefficient (Wildman–Crippen LogP) is 5.87. The second kappa shape index (κ2) is 5.67. The molecule has 0 aliphatic carbocycles. The molecule has 0 saturated heterocycles. The van der Waals surface area contributed by atoms with Crippen molar-refractivity contribution in [1.29, 1.82) is 0 Å². The number of benzene rings is 2. The molecule has 0 heterocycles. The van der Waals surface area contributed by atoms with Crippen LogP contribution in [0.1, 0.15) is 63.8 Å². The summed E-state index contributed by atoms with van der Waals surface area (Å²) in [5.74, 6) is 0. The molecule has 0 atom stereocenters. The van der Waals surface area contributed by atoms with E-state index < -0.39 is 0 Å². The van der Waals surface area contributed by atoms with Crippen LogP contribution < -0.4 is 0 Å². The van der Waals surface area contributed by atoms with Crippen molar-refractivity contribution in [3.05, 3.63) is 70.8 Å². The number of hydrogen-bond acceptors (Lipinski definition) is 0. The van der Waals surface area contributed by atoms with Crippen molar-refractivity contribution in [3.63, 3.8) is 0 Å². The Morgan fingerprint density at radius 3 is 1.05 bits per heavy atom. The molecule has 2 rings (SSSR count). The summed E-state index contributed by atoms with van der Waals surface area (Å²) in [5, 5.41) is 0. The van der Waals surface area contributed by atoms with E-state index in [0.717, 1.165) is 6.42 Å². The first-order valence-corrected chi connectivity index (χ1v) is 7.85. The Hall–Kier alpha value is -1.56. The molecular weight excluding hydrogens is 252 g/mol. The smallest absolute Gasteiger partial charge is 0.00258 e. The first kappa shape index (κ1) is 15.8. The average molecular weight is 280 g/mol. The maximum atomic E-state index is 2.26. The molecule has 0 nitrogen and oxygen atoms in total. The Morgan fingerprint density at radius 2 is 0.810 bits per heavy atom. The molecule has 0 aliphatic rings. The lowest BCUT2D eigenvalue weighted by molar-refractivity contribution is 0.590. The van der Waals surface area contributed by atoms with Gasteiger partial charge in [-0.25, -0.2) is 0 Å². The fourth-order valence-electron chi connectivity index (χ4n) is 2.48. The molecule has 0 heteroatoms. The Morgan fingerprint density at radius 1 is 0.524 bits per heavy atom. The van der Waals surface area contributed by atoms with E-state index >= 15 is 0 Å². The SMILES string of the molecule is CC(C)(C)c1ccc(Cc2ccc(C(C)(C)C)cc2)cc1. The Labute approximate surface area is 130 Å². The lowest BCUT2D eigenvalue weighted by Crippen LogP contribution is -2.11. The first-order valence-electron chi connectivity index (χ1n) is 7.85. The van der Waals surface area contributed by atoms with Gasteiger partial charge in [0.05, 0.1) is 0 Å². The summed E-state index contributed by atoms with van der Waals surface area (Å²) in [6.45, 7) is 13.5. The summed E-state index contributed by atoms with van der Waals surface area (Å²) < 4.78 is 0. The zero-order valence-corrected chi connectivity index (χ0v) is 14.3. The van der Waals surface area contributed by atoms with Crippen molar-refractivity contribution in [2.75, 3.05) is 0 Å². The first-order chi connectivity index (χ1) is 9.66. The summed E-state index contributed by atoms with van der Waals surface area (Å²) in [6.07, 6.45) is 1.01. The quantitative estimate of drug-likeness (QED) is 0.645. The van der Waals surface area contributed by atoms with E-state index in [9.17, 15) is 0 Å². The molecule has 0 radical (unpaired) electrons. The minimum absolute atomic E-state index is 0.229. The highest BCUT2D eigenvalue weighted by Gasteiger charge is 2.14. The van der Waals surface area contributed by atoms with Crippen molar-refractivity contribution >= 4 is 0 Å². The van der Waals surface area contributed by atoms with Crippen LogP contribution in [0.25, 0.3) is 0 Å². The third kappa shape index (κ3) is 4.20. The van der Waals surface area contributed by atoms with Crippen LogP contribution in [0, 0.1) is 0 Å². The van der Waals surface area contributed by atoms with Crippen LogP contribution in [0.2, 0.25) is 0 Å². The largest absolute Gasteiger partial charge is 0.0584 e. The summed E-state index contributed by atoms with van der Waals surface area (Å²) in [4.78, 5) is 0. The van der Waals surface area contributed by atoms with Crippen LogP contribution in [0.3, 0.4) is 0 Å². The van der Waals surface area contributed by atoms with E-state index in [4.69, 9.17) is 0 Å². The lowest BCUT2D eigenvalue weighted by atomic mass is 9.85. The van der Waals surface area contributed by atoms with E-state index in [1.807, 2.05) is 0 Å². The molecule has 112 valence electrons.